The number of aryl methyl sites for hydroxylation is 1. The SMILES string of the molecule is CCCNC1CC(C)CCc2ccc(OC(C)C)cc21. The Morgan fingerprint density at radius 2 is 2.15 bits per heavy atom. The number of nitrogens with one attached hydrogen (secondary N) is 1. The molecule has 0 heterocycles. The van der Waals surface area contributed by atoms with Crippen LogP contribution in [0.3, 0.4) is 0 Å². The highest BCUT2D eigenvalue weighted by Crippen LogP contribution is 2.34. The Kier molecular flexibility index (Phi) is 5.47. The lowest BCUT2D eigenvalue weighted by Gasteiger charge is -2.22. The molecule has 20 heavy (non-hydrogen) atoms. The second kappa shape index (κ2) is 7.12. The third-order valence-corrected chi connectivity index (χ3v) is 4.05. The number of fused-ring (bicyclic) bond motifs is 1. The van der Waals surface area contributed by atoms with E-state index in [1.165, 1.54) is 36.8 Å². The molecular weight excluding hydrogens is 246 g/mol. The molecule has 0 amide bonds. The number of ether oxygens (including phenoxy) is 1. The summed E-state index contributed by atoms with van der Waals surface area (Å²) < 4.78 is 5.87. The van der Waals surface area contributed by atoms with Crippen LogP contribution in [0.25, 0.3) is 0 Å². The summed E-state index contributed by atoms with van der Waals surface area (Å²) in [5.74, 6) is 1.79. The van der Waals surface area contributed by atoms with Crippen LogP contribution in [0.2, 0.25) is 0 Å². The number of benzene rings is 1. The van der Waals surface area contributed by atoms with Crippen molar-refractivity contribution in [2.24, 2.45) is 5.92 Å². The zero-order chi connectivity index (χ0) is 14.5. The lowest BCUT2D eigenvalue weighted by atomic mass is 9.96. The predicted molar refractivity (Wildman–Crippen MR) is 85.3 cm³/mol. The summed E-state index contributed by atoms with van der Waals surface area (Å²) in [5.41, 5.74) is 2.96. The van der Waals surface area contributed by atoms with Crippen molar-refractivity contribution < 1.29 is 4.74 Å². The predicted octanol–water partition coefficient (Wildman–Crippen LogP) is 4.49. The average Bonchev–Trinajstić information content (AvgIpc) is 2.55. The minimum Gasteiger partial charge on any atom is -0.491 e. The van der Waals surface area contributed by atoms with E-state index in [2.05, 4.69) is 51.2 Å². The largest absolute Gasteiger partial charge is 0.491 e. The maximum Gasteiger partial charge on any atom is 0.120 e. The van der Waals surface area contributed by atoms with Gasteiger partial charge in [-0.25, -0.2) is 0 Å². The molecule has 0 radical (unpaired) electrons. The molecule has 1 aliphatic rings. The Labute approximate surface area is 123 Å². The molecular formula is C18H29NO. The highest BCUT2D eigenvalue weighted by Gasteiger charge is 2.22. The fourth-order valence-corrected chi connectivity index (χ4v) is 3.03. The van der Waals surface area contributed by atoms with Gasteiger partial charge in [0.1, 0.15) is 5.75 Å². The second-order valence-electron chi connectivity index (χ2n) is 6.41. The molecule has 0 spiro atoms. The van der Waals surface area contributed by atoms with Gasteiger partial charge in [0.15, 0.2) is 0 Å². The quantitative estimate of drug-likeness (QED) is 0.800. The standard InChI is InChI=1S/C18H29NO/c1-5-10-19-18-11-14(4)6-7-15-8-9-16(12-17(15)18)20-13(2)3/h8-9,12-14,18-19H,5-7,10-11H2,1-4H3. The van der Waals surface area contributed by atoms with Crippen LogP contribution in [0.4, 0.5) is 0 Å². The molecule has 0 saturated carbocycles. The molecule has 0 saturated heterocycles. The summed E-state index contributed by atoms with van der Waals surface area (Å²) >= 11 is 0. The normalized spacial score (nSPS) is 22.4. The Morgan fingerprint density at radius 1 is 1.35 bits per heavy atom. The van der Waals surface area contributed by atoms with Crippen LogP contribution in [-0.2, 0) is 6.42 Å². The number of hydrogen-bond acceptors (Lipinski definition) is 2. The van der Waals surface area contributed by atoms with Crippen LogP contribution < -0.4 is 10.1 Å². The van der Waals surface area contributed by atoms with Crippen molar-refractivity contribution >= 4 is 0 Å². The fraction of sp³-hybridized carbons (Fsp3) is 0.667. The van der Waals surface area contributed by atoms with Gasteiger partial charge in [-0.2, -0.15) is 0 Å². The maximum atomic E-state index is 5.87. The van der Waals surface area contributed by atoms with E-state index in [-0.39, 0.29) is 6.10 Å². The fourth-order valence-electron chi connectivity index (χ4n) is 3.03. The van der Waals surface area contributed by atoms with Crippen LogP contribution in [0.15, 0.2) is 18.2 Å². The zero-order valence-electron chi connectivity index (χ0n) is 13.4. The maximum absolute atomic E-state index is 5.87. The van der Waals surface area contributed by atoms with Gasteiger partial charge < -0.3 is 10.1 Å². The first kappa shape index (κ1) is 15.4. The van der Waals surface area contributed by atoms with Crippen molar-refractivity contribution in [1.29, 1.82) is 0 Å². The minimum absolute atomic E-state index is 0.236. The number of rotatable bonds is 5. The number of hydrogen-bond donors (Lipinski definition) is 1. The highest BCUT2D eigenvalue weighted by molar-refractivity contribution is 5.38. The van der Waals surface area contributed by atoms with Crippen molar-refractivity contribution in [2.45, 2.75) is 65.5 Å². The Balaban J connectivity index is 2.25. The van der Waals surface area contributed by atoms with Gasteiger partial charge in [-0.3, -0.25) is 0 Å². The van der Waals surface area contributed by atoms with Gasteiger partial charge in [-0.1, -0.05) is 19.9 Å². The van der Waals surface area contributed by atoms with Gasteiger partial charge in [0.05, 0.1) is 6.10 Å². The van der Waals surface area contributed by atoms with Gasteiger partial charge in [-0.05, 0) is 75.3 Å². The average molecular weight is 275 g/mol. The minimum atomic E-state index is 0.236. The Hall–Kier alpha value is -1.02. The van der Waals surface area contributed by atoms with E-state index in [9.17, 15) is 0 Å². The van der Waals surface area contributed by atoms with Crippen LogP contribution in [0.5, 0.6) is 5.75 Å². The van der Waals surface area contributed by atoms with E-state index in [4.69, 9.17) is 4.74 Å². The third kappa shape index (κ3) is 3.99. The molecule has 1 aromatic rings. The van der Waals surface area contributed by atoms with Crippen molar-refractivity contribution in [1.82, 2.24) is 5.32 Å². The van der Waals surface area contributed by atoms with Crippen LogP contribution in [0.1, 0.15) is 64.1 Å². The van der Waals surface area contributed by atoms with Gasteiger partial charge in [0.25, 0.3) is 0 Å². The van der Waals surface area contributed by atoms with Crippen molar-refractivity contribution in [3.05, 3.63) is 29.3 Å². The summed E-state index contributed by atoms with van der Waals surface area (Å²) in [4.78, 5) is 0. The zero-order valence-corrected chi connectivity index (χ0v) is 13.4. The molecule has 112 valence electrons. The molecule has 1 aromatic carbocycles. The summed E-state index contributed by atoms with van der Waals surface area (Å²) in [7, 11) is 0. The van der Waals surface area contributed by atoms with Crippen LogP contribution in [0, 0.1) is 5.92 Å². The lowest BCUT2D eigenvalue weighted by Crippen LogP contribution is -2.23. The first-order chi connectivity index (χ1) is 9.60. The smallest absolute Gasteiger partial charge is 0.120 e. The molecule has 2 nitrogen and oxygen atoms in total. The van der Waals surface area contributed by atoms with E-state index in [1.807, 2.05) is 0 Å². The van der Waals surface area contributed by atoms with E-state index in [0.29, 0.717) is 6.04 Å². The molecule has 1 aliphatic carbocycles. The highest BCUT2D eigenvalue weighted by atomic mass is 16.5. The molecule has 0 fully saturated rings. The van der Waals surface area contributed by atoms with Gasteiger partial charge in [0, 0.05) is 6.04 Å². The monoisotopic (exact) mass is 275 g/mol. The molecule has 2 heteroatoms. The molecule has 2 rings (SSSR count). The second-order valence-corrected chi connectivity index (χ2v) is 6.41. The van der Waals surface area contributed by atoms with Crippen molar-refractivity contribution in [3.63, 3.8) is 0 Å². The van der Waals surface area contributed by atoms with E-state index >= 15 is 0 Å². The molecule has 0 aromatic heterocycles. The summed E-state index contributed by atoms with van der Waals surface area (Å²) in [6, 6.07) is 7.15. The lowest BCUT2D eigenvalue weighted by molar-refractivity contribution is 0.242. The molecule has 0 aliphatic heterocycles. The Morgan fingerprint density at radius 3 is 2.85 bits per heavy atom. The topological polar surface area (TPSA) is 21.3 Å². The van der Waals surface area contributed by atoms with E-state index in [0.717, 1.165) is 18.2 Å². The molecule has 0 bridgehead atoms. The summed E-state index contributed by atoms with van der Waals surface area (Å²) in [5, 5.41) is 3.72. The first-order valence-corrected chi connectivity index (χ1v) is 8.13. The van der Waals surface area contributed by atoms with E-state index < -0.39 is 0 Å². The van der Waals surface area contributed by atoms with Crippen LogP contribution in [-0.4, -0.2) is 12.6 Å². The van der Waals surface area contributed by atoms with Crippen LogP contribution >= 0.6 is 0 Å². The van der Waals surface area contributed by atoms with Crippen molar-refractivity contribution in [2.75, 3.05) is 6.54 Å². The van der Waals surface area contributed by atoms with Gasteiger partial charge >= 0.3 is 0 Å². The molecule has 1 N–H and O–H groups in total. The molecule has 2 unspecified atom stereocenters. The molecule has 2 atom stereocenters. The third-order valence-electron chi connectivity index (χ3n) is 4.05. The van der Waals surface area contributed by atoms with Gasteiger partial charge in [0.2, 0.25) is 0 Å². The summed E-state index contributed by atoms with van der Waals surface area (Å²) in [6.45, 7) is 9.86. The Bertz CT molecular complexity index is 427. The van der Waals surface area contributed by atoms with E-state index in [1.54, 1.807) is 0 Å². The van der Waals surface area contributed by atoms with Gasteiger partial charge in [-0.15, -0.1) is 0 Å². The summed E-state index contributed by atoms with van der Waals surface area (Å²) in [6.07, 6.45) is 5.14. The van der Waals surface area contributed by atoms with Crippen molar-refractivity contribution in [3.8, 4) is 5.75 Å². The first-order valence-electron chi connectivity index (χ1n) is 8.13.